The number of anilines is 2. The minimum absolute atomic E-state index is 0.0344. The number of esters is 1. The van der Waals surface area contributed by atoms with Gasteiger partial charge >= 0.3 is 11.8 Å². The Morgan fingerprint density at radius 3 is 2.15 bits per heavy atom. The maximum atomic E-state index is 14.7. The van der Waals surface area contributed by atoms with Gasteiger partial charge in [-0.05, 0) is 51.5 Å². The number of aliphatic hydroxyl groups is 2. The summed E-state index contributed by atoms with van der Waals surface area (Å²) in [6.07, 6.45) is 4.76. The molecule has 7 N–H and O–H groups in total. The van der Waals surface area contributed by atoms with Crippen molar-refractivity contribution >= 4 is 51.9 Å². The van der Waals surface area contributed by atoms with E-state index < -0.39 is 88.8 Å². The number of ether oxygens (including phenoxy) is 4. The number of hydrogen-bond donors (Lipinski definition) is 7. The highest BCUT2D eigenvalue weighted by molar-refractivity contribution is 6.24. The van der Waals surface area contributed by atoms with Gasteiger partial charge in [-0.15, -0.1) is 0 Å². The maximum Gasteiger partial charge on any atom is 0.312 e. The highest BCUT2D eigenvalue weighted by atomic mass is 16.7. The Kier molecular flexibility index (Phi) is 16.6. The number of carbonyl (C=O) groups excluding carboxylic acids is 4. The van der Waals surface area contributed by atoms with E-state index in [2.05, 4.69) is 15.5 Å². The van der Waals surface area contributed by atoms with Gasteiger partial charge in [-0.25, -0.2) is 0 Å². The fourth-order valence-corrected chi connectivity index (χ4v) is 9.93. The summed E-state index contributed by atoms with van der Waals surface area (Å²) in [6, 6.07) is 7.28. The van der Waals surface area contributed by atoms with Crippen LogP contribution in [0.5, 0.6) is 23.0 Å². The van der Waals surface area contributed by atoms with Gasteiger partial charge in [0.1, 0.15) is 23.4 Å². The fourth-order valence-electron chi connectivity index (χ4n) is 9.93. The number of carbonyl (C=O) groups is 4. The van der Waals surface area contributed by atoms with Gasteiger partial charge < -0.3 is 55.1 Å². The number of methoxy groups -OCH3 is 1. The molecule has 1 fully saturated rings. The van der Waals surface area contributed by atoms with Gasteiger partial charge in [0.2, 0.25) is 5.91 Å². The summed E-state index contributed by atoms with van der Waals surface area (Å²) in [4.78, 5) is 54.9. The molecule has 1 saturated heterocycles. The van der Waals surface area contributed by atoms with Crippen LogP contribution in [0.25, 0.3) is 10.8 Å². The minimum atomic E-state index is -2.09. The molecule has 2 amide bonds. The number of benzene rings is 3. The second kappa shape index (κ2) is 21.9. The number of hydrogen-bond acceptors (Lipinski definition) is 16. The van der Waals surface area contributed by atoms with E-state index in [0.717, 1.165) is 5.56 Å². The van der Waals surface area contributed by atoms with Crippen molar-refractivity contribution in [1.82, 2.24) is 9.91 Å². The molecule has 0 aliphatic carbocycles. The van der Waals surface area contributed by atoms with Gasteiger partial charge in [0, 0.05) is 93.4 Å². The molecule has 5 bridgehead atoms. The molecular formula is C53H69N5O13. The Hall–Kier alpha value is -6.47. The normalized spacial score (nSPS) is 29.0. The quantitative estimate of drug-likeness (QED) is 0.0567. The number of aromatic hydroxyl groups is 3. The molecule has 71 heavy (non-hydrogen) atoms. The van der Waals surface area contributed by atoms with E-state index >= 15 is 0 Å². The number of phenols is 3. The van der Waals surface area contributed by atoms with Crippen LogP contribution in [-0.2, 0) is 35.1 Å². The molecule has 0 saturated carbocycles. The van der Waals surface area contributed by atoms with Crippen LogP contribution in [0.3, 0.4) is 0 Å². The maximum absolute atomic E-state index is 14.7. The molecule has 7 rings (SSSR count). The average Bonchev–Trinajstić information content (AvgIpc) is 3.58. The third-order valence-corrected chi connectivity index (χ3v) is 14.0. The van der Waals surface area contributed by atoms with E-state index in [1.165, 1.54) is 66.4 Å². The first-order valence-electron chi connectivity index (χ1n) is 23.9. The SMILES string of the molecule is COC1C=COC2(C)Oc3c(C)c(O)c4c(O)c(c(C=NN5C(C)CN(Cc6ccc(NC(C)=O)cc6)CC5C)c(O)c4c3C2=O)NC(=O)C(C)=CC=CC(C)C(O)C(C)C(O)C(C)C(OC(C)=O)C1C. The zero-order chi connectivity index (χ0) is 52.4. The summed E-state index contributed by atoms with van der Waals surface area (Å²) in [5.74, 6) is -8.81. The molecule has 0 spiro atoms. The van der Waals surface area contributed by atoms with E-state index in [0.29, 0.717) is 25.3 Å². The molecule has 11 atom stereocenters. The number of Topliss-reactive ketones (excluding diaryl/α,β-unsaturated/α-hetero) is 1. The number of allylic oxidation sites excluding steroid dienone is 2. The predicted molar refractivity (Wildman–Crippen MR) is 268 cm³/mol. The summed E-state index contributed by atoms with van der Waals surface area (Å²) in [6.45, 7) is 19.8. The standard InChI is InChI=1S/C53H69N5O13/c1-26-14-13-15-27(2)52(67)56-43-38(22-54-58-28(3)23-57(24-29(58)4)25-36-16-18-37(19-17-36)55-34(9)59)47(64)40-41(48(43)65)46(63)33(8)50-42(40)51(66)53(11,71-50)69-21-20-39(68-12)30(5)49(70-35(10)60)32(7)45(62)31(6)44(26)61/h13-22,26,28-32,39,44-45,49,61-65H,23-25H2,1-12H3,(H,55,59)(H,56,67). The summed E-state index contributed by atoms with van der Waals surface area (Å²) < 4.78 is 23.8. The monoisotopic (exact) mass is 983 g/mol. The lowest BCUT2D eigenvalue weighted by Crippen LogP contribution is -2.54. The van der Waals surface area contributed by atoms with E-state index in [4.69, 9.17) is 24.0 Å². The number of ketones is 1. The van der Waals surface area contributed by atoms with Crippen molar-refractivity contribution in [2.45, 2.75) is 125 Å². The minimum Gasteiger partial charge on any atom is -0.507 e. The van der Waals surface area contributed by atoms with Crippen LogP contribution in [0.4, 0.5) is 11.4 Å². The van der Waals surface area contributed by atoms with E-state index in [9.17, 15) is 44.7 Å². The first-order chi connectivity index (χ1) is 33.4. The van der Waals surface area contributed by atoms with Crippen molar-refractivity contribution in [3.63, 3.8) is 0 Å². The molecule has 3 aromatic rings. The molecule has 0 radical (unpaired) electrons. The zero-order valence-corrected chi connectivity index (χ0v) is 42.5. The van der Waals surface area contributed by atoms with Crippen molar-refractivity contribution in [2.75, 3.05) is 30.8 Å². The van der Waals surface area contributed by atoms with Gasteiger partial charge in [0.25, 0.3) is 11.7 Å². The first-order valence-corrected chi connectivity index (χ1v) is 23.9. The van der Waals surface area contributed by atoms with Crippen LogP contribution < -0.4 is 15.4 Å². The molecule has 4 aliphatic rings. The zero-order valence-electron chi connectivity index (χ0n) is 42.5. The molecule has 18 heteroatoms. The van der Waals surface area contributed by atoms with Gasteiger partial charge in [-0.2, -0.15) is 5.10 Å². The number of phenolic OH excluding ortho intramolecular Hbond substituents is 3. The summed E-state index contributed by atoms with van der Waals surface area (Å²) in [5.41, 5.74) is 1.25. The lowest BCUT2D eigenvalue weighted by atomic mass is 9.78. The van der Waals surface area contributed by atoms with Crippen molar-refractivity contribution in [3.8, 4) is 23.0 Å². The number of fused-ring (bicyclic) bond motifs is 14. The average molecular weight is 984 g/mol. The van der Waals surface area contributed by atoms with Gasteiger partial charge in [0.15, 0.2) is 5.75 Å². The molecule has 4 heterocycles. The Morgan fingerprint density at radius 2 is 1.55 bits per heavy atom. The summed E-state index contributed by atoms with van der Waals surface area (Å²) >= 11 is 0. The third kappa shape index (κ3) is 11.2. The summed E-state index contributed by atoms with van der Waals surface area (Å²) in [5, 5.41) is 71.0. The van der Waals surface area contributed by atoms with Crippen LogP contribution in [0.1, 0.15) is 96.3 Å². The highest BCUT2D eigenvalue weighted by Gasteiger charge is 2.50. The molecule has 4 aliphatic heterocycles. The third-order valence-electron chi connectivity index (χ3n) is 14.0. The number of nitrogens with one attached hydrogen (secondary N) is 2. The van der Waals surface area contributed by atoms with Crippen LogP contribution >= 0.6 is 0 Å². The molecule has 0 aromatic heterocycles. The predicted octanol–water partition coefficient (Wildman–Crippen LogP) is 6.64. The number of piperazine rings is 1. The van der Waals surface area contributed by atoms with E-state index in [1.807, 2.05) is 43.1 Å². The smallest absolute Gasteiger partial charge is 0.312 e. The summed E-state index contributed by atoms with van der Waals surface area (Å²) in [7, 11) is 1.43. The lowest BCUT2D eigenvalue weighted by molar-refractivity contribution is -0.160. The number of hydrazone groups is 1. The number of amides is 2. The van der Waals surface area contributed by atoms with Crippen molar-refractivity contribution in [3.05, 3.63) is 82.7 Å². The van der Waals surface area contributed by atoms with Gasteiger partial charge in [0.05, 0.1) is 65.1 Å². The fraction of sp³-hybridized carbons (Fsp3) is 0.491. The number of rotatable bonds is 7. The second-order valence-corrected chi connectivity index (χ2v) is 19.5. The van der Waals surface area contributed by atoms with Crippen LogP contribution in [-0.4, -0.2) is 128 Å². The van der Waals surface area contributed by atoms with Crippen LogP contribution in [0.15, 0.2) is 65.5 Å². The second-order valence-electron chi connectivity index (χ2n) is 19.5. The van der Waals surface area contributed by atoms with E-state index in [-0.39, 0.29) is 62.5 Å². The van der Waals surface area contributed by atoms with E-state index in [1.54, 1.807) is 39.8 Å². The lowest BCUT2D eigenvalue weighted by Gasteiger charge is -2.42. The van der Waals surface area contributed by atoms with Gasteiger partial charge in [-0.1, -0.05) is 58.1 Å². The molecular weight excluding hydrogens is 915 g/mol. The first kappa shape index (κ1) is 53.9. The van der Waals surface area contributed by atoms with Crippen LogP contribution in [0, 0.1) is 30.6 Å². The molecule has 11 unspecified atom stereocenters. The topological polar surface area (TPSA) is 249 Å². The van der Waals surface area contributed by atoms with Gasteiger partial charge in [-0.3, -0.25) is 29.1 Å². The Labute approximate surface area is 414 Å². The van der Waals surface area contributed by atoms with Crippen molar-refractivity contribution in [1.29, 1.82) is 0 Å². The number of nitrogens with zero attached hydrogens (tertiary/aromatic N) is 3. The molecule has 384 valence electrons. The molecule has 18 nitrogen and oxygen atoms in total. The van der Waals surface area contributed by atoms with Crippen LogP contribution in [0.2, 0.25) is 0 Å². The number of aliphatic hydroxyl groups excluding tert-OH is 2. The molecule has 3 aromatic carbocycles. The largest absolute Gasteiger partial charge is 0.507 e. The Bertz CT molecular complexity index is 2630. The van der Waals surface area contributed by atoms with Crippen molar-refractivity contribution < 1.29 is 63.7 Å². The highest BCUT2D eigenvalue weighted by Crippen LogP contribution is 2.55. The Balaban J connectivity index is 1.45. The van der Waals surface area contributed by atoms with Crippen molar-refractivity contribution in [2.24, 2.45) is 28.8 Å². The Morgan fingerprint density at radius 1 is 0.901 bits per heavy atom.